The second kappa shape index (κ2) is 13.2. The molecule has 0 spiro atoms. The molecule has 198 valence electrons. The highest BCUT2D eigenvalue weighted by molar-refractivity contribution is 7.92. The molecule has 2 aromatic carbocycles. The van der Waals surface area contributed by atoms with Gasteiger partial charge in [-0.25, -0.2) is 8.42 Å². The van der Waals surface area contributed by atoms with Crippen LogP contribution in [0.25, 0.3) is 0 Å². The summed E-state index contributed by atoms with van der Waals surface area (Å²) in [5.74, 6) is -0.920. The van der Waals surface area contributed by atoms with Crippen molar-refractivity contribution in [2.75, 3.05) is 17.1 Å². The molecule has 0 aromatic heterocycles. The first-order chi connectivity index (χ1) is 16.8. The molecule has 0 aliphatic heterocycles. The van der Waals surface area contributed by atoms with Crippen molar-refractivity contribution in [3.63, 3.8) is 0 Å². The van der Waals surface area contributed by atoms with Gasteiger partial charge in [-0.2, -0.15) is 0 Å². The van der Waals surface area contributed by atoms with Crippen LogP contribution < -0.4 is 9.62 Å². The van der Waals surface area contributed by atoms with Gasteiger partial charge in [0.05, 0.1) is 27.0 Å². The van der Waals surface area contributed by atoms with Crippen LogP contribution in [0.4, 0.5) is 5.69 Å². The van der Waals surface area contributed by atoms with Crippen molar-refractivity contribution < 1.29 is 18.0 Å². The maximum atomic E-state index is 13.7. The number of halogens is 4. The number of carbonyl (C=O) groups excluding carboxylic acids is 2. The summed E-state index contributed by atoms with van der Waals surface area (Å²) in [7, 11) is -3.97. The lowest BCUT2D eigenvalue weighted by molar-refractivity contribution is -0.140. The van der Waals surface area contributed by atoms with Gasteiger partial charge >= 0.3 is 0 Å². The highest BCUT2D eigenvalue weighted by Crippen LogP contribution is 2.35. The number of sulfonamides is 1. The van der Waals surface area contributed by atoms with Crippen LogP contribution in [0.1, 0.15) is 39.2 Å². The standard InChI is InChI=1S/C24H29Cl4N3O4S/c1-5-15(3)29-24(33)21(6-2)30(13-16-7-9-17(25)10-8-16)23(32)14-31(36(4,34)35)22-12-19(27)18(26)11-20(22)28/h7-12,15,21H,5-6,13-14H2,1-4H3,(H,29,33)/t15-,21+/m0/s1. The second-order valence-corrected chi connectivity index (χ2v) is 11.9. The van der Waals surface area contributed by atoms with E-state index in [9.17, 15) is 18.0 Å². The lowest BCUT2D eigenvalue weighted by atomic mass is 10.1. The third-order valence-electron chi connectivity index (χ3n) is 5.59. The lowest BCUT2D eigenvalue weighted by Crippen LogP contribution is -2.53. The lowest BCUT2D eigenvalue weighted by Gasteiger charge is -2.33. The fourth-order valence-electron chi connectivity index (χ4n) is 3.45. The van der Waals surface area contributed by atoms with Crippen LogP contribution in [0, 0.1) is 0 Å². The number of hydrogen-bond acceptors (Lipinski definition) is 4. The molecule has 0 aliphatic rings. The topological polar surface area (TPSA) is 86.8 Å². The third kappa shape index (κ3) is 8.15. The van der Waals surface area contributed by atoms with E-state index in [2.05, 4.69) is 5.32 Å². The first-order valence-corrected chi connectivity index (χ1v) is 14.6. The summed E-state index contributed by atoms with van der Waals surface area (Å²) >= 11 is 24.4. The minimum atomic E-state index is -3.97. The first kappa shape index (κ1) is 30.5. The molecule has 0 heterocycles. The Balaban J connectivity index is 2.50. The van der Waals surface area contributed by atoms with E-state index in [4.69, 9.17) is 46.4 Å². The Kier molecular flexibility index (Phi) is 11.2. The van der Waals surface area contributed by atoms with Crippen LogP contribution in [-0.2, 0) is 26.2 Å². The Bertz CT molecular complexity index is 1190. The van der Waals surface area contributed by atoms with Gasteiger partial charge in [0.1, 0.15) is 12.6 Å². The van der Waals surface area contributed by atoms with Crippen LogP contribution >= 0.6 is 46.4 Å². The van der Waals surface area contributed by atoms with Crippen LogP contribution in [-0.4, -0.2) is 50.0 Å². The predicted molar refractivity (Wildman–Crippen MR) is 148 cm³/mol. The Morgan fingerprint density at radius 1 is 0.944 bits per heavy atom. The van der Waals surface area contributed by atoms with Crippen LogP contribution in [0.3, 0.4) is 0 Å². The number of nitrogens with zero attached hydrogens (tertiary/aromatic N) is 2. The molecule has 2 rings (SSSR count). The third-order valence-corrected chi connectivity index (χ3v) is 7.99. The number of hydrogen-bond donors (Lipinski definition) is 1. The molecular formula is C24H29Cl4N3O4S. The molecule has 2 atom stereocenters. The molecule has 0 aliphatic carbocycles. The van der Waals surface area contributed by atoms with Gasteiger partial charge in [0.2, 0.25) is 21.8 Å². The van der Waals surface area contributed by atoms with E-state index in [1.54, 1.807) is 31.2 Å². The van der Waals surface area contributed by atoms with E-state index in [0.717, 1.165) is 16.1 Å². The summed E-state index contributed by atoms with van der Waals surface area (Å²) in [4.78, 5) is 28.2. The number of carbonyl (C=O) groups is 2. The summed E-state index contributed by atoms with van der Waals surface area (Å²) in [6, 6.07) is 8.50. The Morgan fingerprint density at radius 2 is 1.53 bits per heavy atom. The average Bonchev–Trinajstić information content (AvgIpc) is 2.80. The highest BCUT2D eigenvalue weighted by Gasteiger charge is 2.33. The van der Waals surface area contributed by atoms with E-state index in [1.807, 2.05) is 13.8 Å². The van der Waals surface area contributed by atoms with Crippen molar-refractivity contribution >= 4 is 73.9 Å². The van der Waals surface area contributed by atoms with E-state index in [1.165, 1.54) is 17.0 Å². The fourth-order valence-corrected chi connectivity index (χ4v) is 5.12. The molecule has 0 fully saturated rings. The van der Waals surface area contributed by atoms with Gasteiger partial charge in [0, 0.05) is 17.6 Å². The average molecular weight is 597 g/mol. The van der Waals surface area contributed by atoms with Crippen molar-refractivity contribution in [3.8, 4) is 0 Å². The zero-order chi connectivity index (χ0) is 27.2. The normalized spacial score (nSPS) is 13.1. The Morgan fingerprint density at radius 3 is 2.06 bits per heavy atom. The smallest absolute Gasteiger partial charge is 0.244 e. The molecule has 0 bridgehead atoms. The molecule has 0 radical (unpaired) electrons. The molecule has 2 amide bonds. The van der Waals surface area contributed by atoms with Crippen LogP contribution in [0.5, 0.6) is 0 Å². The summed E-state index contributed by atoms with van der Waals surface area (Å²) in [5, 5.41) is 3.66. The SMILES string of the molecule is CC[C@H](C(=O)N[C@@H](C)CC)N(Cc1ccc(Cl)cc1)C(=O)CN(c1cc(Cl)c(Cl)cc1Cl)S(C)(=O)=O. The molecule has 36 heavy (non-hydrogen) atoms. The quantitative estimate of drug-likeness (QED) is 0.333. The minimum Gasteiger partial charge on any atom is -0.352 e. The Labute approximate surface area is 232 Å². The monoisotopic (exact) mass is 595 g/mol. The highest BCUT2D eigenvalue weighted by atomic mass is 35.5. The zero-order valence-corrected chi connectivity index (χ0v) is 24.2. The number of benzene rings is 2. The van der Waals surface area contributed by atoms with Crippen LogP contribution in [0.2, 0.25) is 20.1 Å². The molecule has 2 aromatic rings. The van der Waals surface area contributed by atoms with E-state index >= 15 is 0 Å². The molecule has 0 saturated carbocycles. The zero-order valence-electron chi connectivity index (χ0n) is 20.4. The van der Waals surface area contributed by atoms with E-state index in [-0.39, 0.29) is 39.2 Å². The maximum Gasteiger partial charge on any atom is 0.244 e. The molecule has 0 saturated heterocycles. The number of rotatable bonds is 11. The molecule has 1 N–H and O–H groups in total. The van der Waals surface area contributed by atoms with Gasteiger partial charge in [-0.3, -0.25) is 13.9 Å². The number of anilines is 1. The molecule has 7 nitrogen and oxygen atoms in total. The molecule has 12 heteroatoms. The predicted octanol–water partition coefficient (Wildman–Crippen LogP) is 5.79. The van der Waals surface area contributed by atoms with Gasteiger partial charge < -0.3 is 10.2 Å². The molecule has 0 unspecified atom stereocenters. The van der Waals surface area contributed by atoms with Crippen molar-refractivity contribution in [3.05, 3.63) is 62.1 Å². The van der Waals surface area contributed by atoms with Crippen molar-refractivity contribution in [1.82, 2.24) is 10.2 Å². The van der Waals surface area contributed by atoms with Crippen LogP contribution in [0.15, 0.2) is 36.4 Å². The van der Waals surface area contributed by atoms with Gasteiger partial charge in [-0.15, -0.1) is 0 Å². The van der Waals surface area contributed by atoms with Gasteiger partial charge in [0.15, 0.2) is 0 Å². The van der Waals surface area contributed by atoms with Gasteiger partial charge in [-0.05, 0) is 49.6 Å². The Hall–Kier alpha value is -1.71. The minimum absolute atomic E-state index is 0.00506. The van der Waals surface area contributed by atoms with Crippen molar-refractivity contribution in [1.29, 1.82) is 0 Å². The van der Waals surface area contributed by atoms with Gasteiger partial charge in [-0.1, -0.05) is 72.4 Å². The summed E-state index contributed by atoms with van der Waals surface area (Å²) < 4.78 is 26.3. The number of nitrogens with one attached hydrogen (secondary N) is 1. The van der Waals surface area contributed by atoms with Crippen molar-refractivity contribution in [2.24, 2.45) is 0 Å². The van der Waals surface area contributed by atoms with Gasteiger partial charge in [0.25, 0.3) is 0 Å². The summed E-state index contributed by atoms with van der Waals surface area (Å²) in [5.41, 5.74) is 0.728. The first-order valence-electron chi connectivity index (χ1n) is 11.2. The van der Waals surface area contributed by atoms with E-state index in [0.29, 0.717) is 17.9 Å². The second-order valence-electron chi connectivity index (χ2n) is 8.38. The summed E-state index contributed by atoms with van der Waals surface area (Å²) in [6.07, 6.45) is 1.98. The maximum absolute atomic E-state index is 13.7. The largest absolute Gasteiger partial charge is 0.352 e. The fraction of sp³-hybridized carbons (Fsp3) is 0.417. The summed E-state index contributed by atoms with van der Waals surface area (Å²) in [6.45, 7) is 5.06. The molecular weight excluding hydrogens is 568 g/mol. The van der Waals surface area contributed by atoms with Crippen molar-refractivity contribution in [2.45, 2.75) is 52.2 Å². The number of amides is 2. The van der Waals surface area contributed by atoms with E-state index < -0.39 is 28.5 Å².